The van der Waals surface area contributed by atoms with Gasteiger partial charge in [-0.15, -0.1) is 0 Å². The lowest BCUT2D eigenvalue weighted by Gasteiger charge is -2.27. The summed E-state index contributed by atoms with van der Waals surface area (Å²) in [5.74, 6) is -0.457. The summed E-state index contributed by atoms with van der Waals surface area (Å²) in [5, 5.41) is 3.57. The van der Waals surface area contributed by atoms with Crippen LogP contribution in [0.2, 0.25) is 5.02 Å². The fraction of sp³-hybridized carbons (Fsp3) is 0.192. The zero-order chi connectivity index (χ0) is 23.3. The van der Waals surface area contributed by atoms with E-state index in [1.54, 1.807) is 36.4 Å². The van der Waals surface area contributed by atoms with Crippen molar-refractivity contribution >= 4 is 35.0 Å². The molecule has 1 unspecified atom stereocenters. The number of fused-ring (bicyclic) bond motifs is 2. The minimum Gasteiger partial charge on any atom is -0.493 e. The molecule has 2 aliphatic heterocycles. The molecule has 33 heavy (non-hydrogen) atoms. The van der Waals surface area contributed by atoms with Gasteiger partial charge < -0.3 is 10.1 Å². The zero-order valence-corrected chi connectivity index (χ0v) is 18.9. The second-order valence-corrected chi connectivity index (χ2v) is 8.71. The van der Waals surface area contributed by atoms with Gasteiger partial charge in [0.1, 0.15) is 5.75 Å². The molecule has 3 aromatic rings. The second-order valence-electron chi connectivity index (χ2n) is 8.27. The highest BCUT2D eigenvalue weighted by Gasteiger charge is 2.38. The molecule has 5 rings (SSSR count). The molecular formula is C26H21ClN2O4. The van der Waals surface area contributed by atoms with Crippen LogP contribution in [-0.4, -0.2) is 24.3 Å². The van der Waals surface area contributed by atoms with E-state index in [4.69, 9.17) is 16.3 Å². The molecule has 0 saturated carbocycles. The lowest BCUT2D eigenvalue weighted by atomic mass is 9.99. The molecule has 0 spiro atoms. The summed E-state index contributed by atoms with van der Waals surface area (Å²) in [4.78, 5) is 40.4. The van der Waals surface area contributed by atoms with Crippen LogP contribution in [0.15, 0.2) is 54.6 Å². The Hall–Kier alpha value is -3.64. The van der Waals surface area contributed by atoms with E-state index in [1.165, 1.54) is 11.0 Å². The van der Waals surface area contributed by atoms with Crippen LogP contribution in [0.3, 0.4) is 0 Å². The maximum atomic E-state index is 13.2. The maximum absolute atomic E-state index is 13.2. The maximum Gasteiger partial charge on any atom is 0.266 e. The molecule has 3 amide bonds. The summed E-state index contributed by atoms with van der Waals surface area (Å²) in [6.07, 6.45) is 0.599. The predicted molar refractivity (Wildman–Crippen MR) is 125 cm³/mol. The number of carbonyl (C=O) groups is 3. The normalized spacial score (nSPS) is 16.8. The number of benzene rings is 3. The lowest BCUT2D eigenvalue weighted by Crippen LogP contribution is -2.32. The van der Waals surface area contributed by atoms with Gasteiger partial charge in [-0.1, -0.05) is 23.7 Å². The highest BCUT2D eigenvalue weighted by Crippen LogP contribution is 2.35. The van der Waals surface area contributed by atoms with Crippen molar-refractivity contribution in [2.24, 2.45) is 0 Å². The van der Waals surface area contributed by atoms with Gasteiger partial charge in [0.25, 0.3) is 17.7 Å². The van der Waals surface area contributed by atoms with Gasteiger partial charge in [0.05, 0.1) is 29.5 Å². The van der Waals surface area contributed by atoms with Crippen molar-refractivity contribution in [2.45, 2.75) is 26.3 Å². The summed E-state index contributed by atoms with van der Waals surface area (Å²) in [5.41, 5.74) is 4.05. The molecule has 166 valence electrons. The minimum atomic E-state index is -0.429. The topological polar surface area (TPSA) is 75.7 Å². The van der Waals surface area contributed by atoms with Crippen molar-refractivity contribution in [1.82, 2.24) is 5.32 Å². The average molecular weight is 461 g/mol. The van der Waals surface area contributed by atoms with Gasteiger partial charge in [-0.2, -0.15) is 0 Å². The Morgan fingerprint density at radius 1 is 1.03 bits per heavy atom. The van der Waals surface area contributed by atoms with E-state index in [9.17, 15) is 14.4 Å². The number of aryl methyl sites for hydroxylation is 1. The fourth-order valence-electron chi connectivity index (χ4n) is 4.34. The molecule has 0 bridgehead atoms. The van der Waals surface area contributed by atoms with E-state index in [1.807, 2.05) is 26.0 Å². The number of hydrogen-bond donors (Lipinski definition) is 1. The molecular weight excluding hydrogens is 440 g/mol. The Labute approximate surface area is 196 Å². The Bertz CT molecular complexity index is 1330. The van der Waals surface area contributed by atoms with Crippen LogP contribution in [-0.2, 0) is 0 Å². The van der Waals surface area contributed by atoms with Gasteiger partial charge in [-0.05, 0) is 67.4 Å². The van der Waals surface area contributed by atoms with Gasteiger partial charge in [0.2, 0.25) is 0 Å². The first kappa shape index (κ1) is 21.2. The third kappa shape index (κ3) is 3.56. The molecule has 7 heteroatoms. The summed E-state index contributed by atoms with van der Waals surface area (Å²) >= 11 is 6.13. The molecule has 2 aliphatic rings. The number of rotatable bonds is 3. The second kappa shape index (κ2) is 8.05. The van der Waals surface area contributed by atoms with Crippen LogP contribution in [0, 0.1) is 13.8 Å². The van der Waals surface area contributed by atoms with Crippen molar-refractivity contribution in [3.05, 3.63) is 93.0 Å². The number of halogens is 1. The molecule has 0 aliphatic carbocycles. The summed E-state index contributed by atoms with van der Waals surface area (Å²) in [6, 6.07) is 15.2. The number of hydrogen-bond acceptors (Lipinski definition) is 4. The van der Waals surface area contributed by atoms with Gasteiger partial charge >= 0.3 is 0 Å². The minimum absolute atomic E-state index is 0.226. The van der Waals surface area contributed by atoms with Crippen molar-refractivity contribution < 1.29 is 19.1 Å². The van der Waals surface area contributed by atoms with Crippen molar-refractivity contribution in [3.8, 4) is 5.75 Å². The summed E-state index contributed by atoms with van der Waals surface area (Å²) in [7, 11) is 0. The Balaban J connectivity index is 1.43. The van der Waals surface area contributed by atoms with Crippen LogP contribution in [0.4, 0.5) is 5.69 Å². The number of nitrogens with zero attached hydrogens (tertiary/aromatic N) is 1. The molecule has 3 aromatic carbocycles. The Morgan fingerprint density at radius 3 is 2.64 bits per heavy atom. The van der Waals surface area contributed by atoms with Crippen LogP contribution in [0.25, 0.3) is 0 Å². The van der Waals surface area contributed by atoms with E-state index in [0.29, 0.717) is 40.6 Å². The number of amides is 3. The number of nitrogens with one attached hydrogen (secondary N) is 1. The van der Waals surface area contributed by atoms with Crippen LogP contribution in [0.1, 0.15) is 60.2 Å². The fourth-order valence-corrected chi connectivity index (χ4v) is 4.52. The number of anilines is 1. The van der Waals surface area contributed by atoms with Crippen LogP contribution in [0.5, 0.6) is 5.75 Å². The molecule has 1 N–H and O–H groups in total. The van der Waals surface area contributed by atoms with E-state index in [2.05, 4.69) is 5.32 Å². The standard InChI is InChI=1S/C26H21ClN2O4/c1-14-4-3-5-22(15(14)2)29-25(31)18-8-6-16(12-19(18)26(29)32)24(30)28-21-10-11-33-23-9-7-17(27)13-20(21)23/h3-9,12-13,21H,10-11H2,1-2H3,(H,28,30). The Kier molecular flexibility index (Phi) is 5.17. The number of carbonyl (C=O) groups excluding carboxylic acids is 3. The smallest absolute Gasteiger partial charge is 0.266 e. The van der Waals surface area contributed by atoms with Crippen molar-refractivity contribution in [2.75, 3.05) is 11.5 Å². The SMILES string of the molecule is Cc1cccc(N2C(=O)c3ccc(C(=O)NC4CCOc5ccc(Cl)cc54)cc3C2=O)c1C. The van der Waals surface area contributed by atoms with E-state index >= 15 is 0 Å². The third-order valence-electron chi connectivity index (χ3n) is 6.28. The van der Waals surface area contributed by atoms with E-state index in [-0.39, 0.29) is 23.4 Å². The number of imide groups is 1. The number of ether oxygens (including phenoxy) is 1. The molecule has 6 nitrogen and oxygen atoms in total. The van der Waals surface area contributed by atoms with E-state index < -0.39 is 5.91 Å². The van der Waals surface area contributed by atoms with Gasteiger partial charge in [0, 0.05) is 22.6 Å². The largest absolute Gasteiger partial charge is 0.493 e. The highest BCUT2D eigenvalue weighted by atomic mass is 35.5. The van der Waals surface area contributed by atoms with Crippen LogP contribution < -0.4 is 15.0 Å². The molecule has 0 fully saturated rings. The molecule has 0 aromatic heterocycles. The predicted octanol–water partition coefficient (Wildman–Crippen LogP) is 5.01. The average Bonchev–Trinajstić information content (AvgIpc) is 3.05. The van der Waals surface area contributed by atoms with Gasteiger partial charge in [-0.25, -0.2) is 4.90 Å². The molecule has 0 radical (unpaired) electrons. The summed E-state index contributed by atoms with van der Waals surface area (Å²) < 4.78 is 5.66. The first-order chi connectivity index (χ1) is 15.8. The molecule has 0 saturated heterocycles. The first-order valence-corrected chi connectivity index (χ1v) is 11.0. The van der Waals surface area contributed by atoms with Crippen molar-refractivity contribution in [1.29, 1.82) is 0 Å². The molecule has 1 atom stereocenters. The van der Waals surface area contributed by atoms with E-state index in [0.717, 1.165) is 16.7 Å². The summed E-state index contributed by atoms with van der Waals surface area (Å²) in [6.45, 7) is 4.29. The monoisotopic (exact) mass is 460 g/mol. The zero-order valence-electron chi connectivity index (χ0n) is 18.1. The lowest BCUT2D eigenvalue weighted by molar-refractivity contribution is 0.0916. The van der Waals surface area contributed by atoms with Gasteiger partial charge in [0.15, 0.2) is 0 Å². The van der Waals surface area contributed by atoms with Gasteiger partial charge in [-0.3, -0.25) is 14.4 Å². The quantitative estimate of drug-likeness (QED) is 0.557. The highest BCUT2D eigenvalue weighted by molar-refractivity contribution is 6.35. The van der Waals surface area contributed by atoms with Crippen LogP contribution >= 0.6 is 11.6 Å². The first-order valence-electron chi connectivity index (χ1n) is 10.7. The molecule has 2 heterocycles. The third-order valence-corrected chi connectivity index (χ3v) is 6.52. The Morgan fingerprint density at radius 2 is 1.82 bits per heavy atom. The van der Waals surface area contributed by atoms with Crippen molar-refractivity contribution in [3.63, 3.8) is 0 Å².